The van der Waals surface area contributed by atoms with Gasteiger partial charge in [0.2, 0.25) is 0 Å². The van der Waals surface area contributed by atoms with Gasteiger partial charge in [0.05, 0.1) is 6.54 Å². The molecule has 0 bridgehead atoms. The first-order chi connectivity index (χ1) is 9.72. The lowest BCUT2D eigenvalue weighted by Gasteiger charge is -2.18. The molecular formula is C15H16BrN3O. The molecule has 1 aliphatic heterocycles. The molecule has 3 heterocycles. The van der Waals surface area contributed by atoms with E-state index in [0.717, 1.165) is 35.6 Å². The lowest BCUT2D eigenvalue weighted by Crippen LogP contribution is -2.25. The van der Waals surface area contributed by atoms with E-state index >= 15 is 0 Å². The van der Waals surface area contributed by atoms with Gasteiger partial charge < -0.3 is 9.64 Å². The average Bonchev–Trinajstić information content (AvgIpc) is 2.91. The minimum atomic E-state index is 0.211. The maximum absolute atomic E-state index is 5.96. The minimum Gasteiger partial charge on any atom is -0.488 e. The summed E-state index contributed by atoms with van der Waals surface area (Å²) in [7, 11) is 0. The summed E-state index contributed by atoms with van der Waals surface area (Å²) in [5.74, 6) is 1.90. The third-order valence-electron chi connectivity index (χ3n) is 3.45. The molecule has 104 valence electrons. The van der Waals surface area contributed by atoms with Crippen LogP contribution in [-0.2, 0) is 0 Å². The fourth-order valence-electron chi connectivity index (χ4n) is 2.34. The van der Waals surface area contributed by atoms with E-state index in [1.165, 1.54) is 5.56 Å². The van der Waals surface area contributed by atoms with Crippen LogP contribution < -0.4 is 9.64 Å². The first-order valence-corrected chi connectivity index (χ1v) is 7.45. The Hall–Kier alpha value is -1.62. The van der Waals surface area contributed by atoms with Crippen molar-refractivity contribution in [2.75, 3.05) is 18.0 Å². The number of anilines is 1. The Kier molecular flexibility index (Phi) is 3.87. The highest BCUT2D eigenvalue weighted by atomic mass is 79.9. The second-order valence-electron chi connectivity index (χ2n) is 4.95. The zero-order chi connectivity index (χ0) is 13.9. The van der Waals surface area contributed by atoms with E-state index in [1.54, 1.807) is 12.4 Å². The van der Waals surface area contributed by atoms with Crippen LogP contribution in [0.3, 0.4) is 0 Å². The van der Waals surface area contributed by atoms with Gasteiger partial charge in [-0.2, -0.15) is 0 Å². The third-order valence-corrected chi connectivity index (χ3v) is 4.28. The molecule has 2 aromatic heterocycles. The second-order valence-corrected chi connectivity index (χ2v) is 5.80. The van der Waals surface area contributed by atoms with Gasteiger partial charge >= 0.3 is 0 Å². The minimum absolute atomic E-state index is 0.211. The van der Waals surface area contributed by atoms with Crippen molar-refractivity contribution in [1.29, 1.82) is 0 Å². The highest BCUT2D eigenvalue weighted by Crippen LogP contribution is 2.24. The molecule has 20 heavy (non-hydrogen) atoms. The molecule has 4 nitrogen and oxygen atoms in total. The van der Waals surface area contributed by atoms with Crippen LogP contribution in [-0.4, -0.2) is 29.2 Å². The highest BCUT2D eigenvalue weighted by molar-refractivity contribution is 9.10. The van der Waals surface area contributed by atoms with Crippen LogP contribution >= 0.6 is 15.9 Å². The van der Waals surface area contributed by atoms with Gasteiger partial charge in [-0.1, -0.05) is 0 Å². The molecule has 1 unspecified atom stereocenters. The SMILES string of the molecule is Cc1cc(N2CCC(Oc3ccncc3)C2)ncc1Br. The van der Waals surface area contributed by atoms with Crippen molar-refractivity contribution < 1.29 is 4.74 Å². The Morgan fingerprint density at radius 1 is 1.35 bits per heavy atom. The van der Waals surface area contributed by atoms with E-state index in [0.29, 0.717) is 0 Å². The predicted octanol–water partition coefficient (Wildman–Crippen LogP) is 3.21. The number of pyridine rings is 2. The van der Waals surface area contributed by atoms with Crippen LogP contribution in [0.5, 0.6) is 5.75 Å². The van der Waals surface area contributed by atoms with Crippen LogP contribution in [0.4, 0.5) is 5.82 Å². The second kappa shape index (κ2) is 5.79. The fourth-order valence-corrected chi connectivity index (χ4v) is 2.56. The fraction of sp³-hybridized carbons (Fsp3) is 0.333. The van der Waals surface area contributed by atoms with Gasteiger partial charge in [-0.25, -0.2) is 4.98 Å². The Balaban J connectivity index is 1.66. The summed E-state index contributed by atoms with van der Waals surface area (Å²) < 4.78 is 7.01. The number of aromatic nitrogens is 2. The summed E-state index contributed by atoms with van der Waals surface area (Å²) in [5, 5.41) is 0. The number of ether oxygens (including phenoxy) is 1. The molecule has 1 saturated heterocycles. The van der Waals surface area contributed by atoms with E-state index in [2.05, 4.69) is 43.8 Å². The van der Waals surface area contributed by atoms with E-state index in [-0.39, 0.29) is 6.10 Å². The smallest absolute Gasteiger partial charge is 0.128 e. The van der Waals surface area contributed by atoms with Crippen LogP contribution in [0, 0.1) is 6.92 Å². The largest absolute Gasteiger partial charge is 0.488 e. The summed E-state index contributed by atoms with van der Waals surface area (Å²) in [6.07, 6.45) is 6.59. The lowest BCUT2D eigenvalue weighted by atomic mass is 10.3. The highest BCUT2D eigenvalue weighted by Gasteiger charge is 2.25. The monoisotopic (exact) mass is 333 g/mol. The normalized spacial score (nSPS) is 18.3. The van der Waals surface area contributed by atoms with Crippen molar-refractivity contribution in [1.82, 2.24) is 9.97 Å². The molecule has 1 aliphatic rings. The maximum Gasteiger partial charge on any atom is 0.128 e. The number of halogens is 1. The zero-order valence-corrected chi connectivity index (χ0v) is 12.9. The number of aryl methyl sites for hydroxylation is 1. The van der Waals surface area contributed by atoms with Crippen molar-refractivity contribution in [2.24, 2.45) is 0 Å². The van der Waals surface area contributed by atoms with E-state index < -0.39 is 0 Å². The molecule has 3 rings (SSSR count). The van der Waals surface area contributed by atoms with Gasteiger partial charge in [0.15, 0.2) is 0 Å². The van der Waals surface area contributed by atoms with Crippen molar-refractivity contribution in [3.05, 3.63) is 46.8 Å². The zero-order valence-electron chi connectivity index (χ0n) is 11.3. The average molecular weight is 334 g/mol. The first-order valence-electron chi connectivity index (χ1n) is 6.66. The Labute approximate surface area is 126 Å². The maximum atomic E-state index is 5.96. The quantitative estimate of drug-likeness (QED) is 0.864. The van der Waals surface area contributed by atoms with Gasteiger partial charge in [-0.05, 0) is 46.6 Å². The van der Waals surface area contributed by atoms with Crippen molar-refractivity contribution in [3.63, 3.8) is 0 Å². The predicted molar refractivity (Wildman–Crippen MR) is 82.2 cm³/mol. The van der Waals surface area contributed by atoms with Gasteiger partial charge in [-0.3, -0.25) is 4.98 Å². The molecule has 0 N–H and O–H groups in total. The number of hydrogen-bond acceptors (Lipinski definition) is 4. The summed E-state index contributed by atoms with van der Waals surface area (Å²) in [5.41, 5.74) is 1.20. The van der Waals surface area contributed by atoms with E-state index in [4.69, 9.17) is 4.74 Å². The van der Waals surface area contributed by atoms with Crippen molar-refractivity contribution in [2.45, 2.75) is 19.4 Å². The summed E-state index contributed by atoms with van der Waals surface area (Å²) in [4.78, 5) is 10.7. The van der Waals surface area contributed by atoms with Gasteiger partial charge in [0, 0.05) is 36.0 Å². The summed E-state index contributed by atoms with van der Waals surface area (Å²) >= 11 is 3.48. The Bertz CT molecular complexity index is 591. The van der Waals surface area contributed by atoms with Gasteiger partial charge in [0.1, 0.15) is 17.7 Å². The molecule has 5 heteroatoms. The molecule has 1 atom stereocenters. The molecule has 0 aromatic carbocycles. The van der Waals surface area contributed by atoms with Crippen LogP contribution in [0.2, 0.25) is 0 Å². The first kappa shape index (κ1) is 13.4. The lowest BCUT2D eigenvalue weighted by molar-refractivity contribution is 0.224. The molecule has 0 radical (unpaired) electrons. The number of nitrogens with zero attached hydrogens (tertiary/aromatic N) is 3. The Morgan fingerprint density at radius 2 is 2.15 bits per heavy atom. The Morgan fingerprint density at radius 3 is 2.90 bits per heavy atom. The van der Waals surface area contributed by atoms with Crippen LogP contribution in [0.25, 0.3) is 0 Å². The van der Waals surface area contributed by atoms with Gasteiger partial charge in [-0.15, -0.1) is 0 Å². The molecule has 0 spiro atoms. The standard InChI is InChI=1S/C15H16BrN3O/c1-11-8-15(18-9-14(11)16)19-7-4-13(10-19)20-12-2-5-17-6-3-12/h2-3,5-6,8-9,13H,4,7,10H2,1H3. The topological polar surface area (TPSA) is 38.2 Å². The van der Waals surface area contributed by atoms with Crippen LogP contribution in [0.15, 0.2) is 41.3 Å². The molecule has 2 aromatic rings. The molecule has 1 fully saturated rings. The summed E-state index contributed by atoms with van der Waals surface area (Å²) in [6.45, 7) is 3.93. The number of hydrogen-bond donors (Lipinski definition) is 0. The molecule has 0 saturated carbocycles. The molecular weight excluding hydrogens is 318 g/mol. The van der Waals surface area contributed by atoms with Crippen LogP contribution in [0.1, 0.15) is 12.0 Å². The third kappa shape index (κ3) is 2.93. The van der Waals surface area contributed by atoms with Crippen molar-refractivity contribution in [3.8, 4) is 5.75 Å². The van der Waals surface area contributed by atoms with Gasteiger partial charge in [0.25, 0.3) is 0 Å². The molecule has 0 aliphatic carbocycles. The molecule has 0 amide bonds. The van der Waals surface area contributed by atoms with Crippen molar-refractivity contribution >= 4 is 21.7 Å². The number of rotatable bonds is 3. The van der Waals surface area contributed by atoms with E-state index in [1.807, 2.05) is 18.3 Å². The summed E-state index contributed by atoms with van der Waals surface area (Å²) in [6, 6.07) is 5.90. The van der Waals surface area contributed by atoms with E-state index in [9.17, 15) is 0 Å².